The molecule has 0 saturated heterocycles. The first-order chi connectivity index (χ1) is 16.2. The van der Waals surface area contributed by atoms with Crippen molar-refractivity contribution in [2.24, 2.45) is 0 Å². The first-order valence-electron chi connectivity index (χ1n) is 15.1. The molecule has 200 valence electrons. The first-order valence-corrected chi connectivity index (χ1v) is 15.1. The standard InChI is InChI=1S/C32H59N.ClH/c1-5-8-11-14-17-20-25-30-26-21-22-27-31(30)32(33-4,28-23-18-15-12-9-6-2)29-24-19-16-13-10-7-3;/h21-22,26-27,33H,5-20,23-25,28-29H2,1-4H3;1H. The Morgan fingerprint density at radius 1 is 0.559 bits per heavy atom. The van der Waals surface area contributed by atoms with E-state index in [0.29, 0.717) is 0 Å². The molecule has 0 heterocycles. The minimum Gasteiger partial charge on any atom is -1.00 e. The monoisotopic (exact) mass is 493 g/mol. The van der Waals surface area contributed by atoms with E-state index >= 15 is 0 Å². The maximum absolute atomic E-state index is 2.60. The molecule has 0 aliphatic carbocycles. The van der Waals surface area contributed by atoms with E-state index in [1.807, 2.05) is 0 Å². The number of benzene rings is 1. The number of halogens is 1. The number of hydrogen-bond acceptors (Lipinski definition) is 0. The van der Waals surface area contributed by atoms with Crippen molar-refractivity contribution in [3.8, 4) is 0 Å². The van der Waals surface area contributed by atoms with Gasteiger partial charge in [0.15, 0.2) is 0 Å². The average Bonchev–Trinajstić information content (AvgIpc) is 2.85. The molecule has 0 saturated carbocycles. The van der Waals surface area contributed by atoms with E-state index in [1.54, 1.807) is 11.1 Å². The van der Waals surface area contributed by atoms with Crippen LogP contribution in [0.4, 0.5) is 0 Å². The zero-order chi connectivity index (χ0) is 24.0. The minimum atomic E-state index is 0. The van der Waals surface area contributed by atoms with Crippen molar-refractivity contribution < 1.29 is 17.7 Å². The summed E-state index contributed by atoms with van der Waals surface area (Å²) in [5, 5.41) is 2.60. The SMILES string of the molecule is CCCCCCCCc1ccccc1C(CCCCCCCC)(CCCCCCCC)[NH2+]C.[Cl-]. The zero-order valence-corrected chi connectivity index (χ0v) is 24.4. The summed E-state index contributed by atoms with van der Waals surface area (Å²) >= 11 is 0. The summed E-state index contributed by atoms with van der Waals surface area (Å²) in [4.78, 5) is 0. The summed E-state index contributed by atoms with van der Waals surface area (Å²) in [7, 11) is 2.36. The molecule has 0 amide bonds. The van der Waals surface area contributed by atoms with E-state index in [-0.39, 0.29) is 17.9 Å². The van der Waals surface area contributed by atoms with E-state index in [1.165, 1.54) is 135 Å². The maximum Gasteiger partial charge on any atom is 0.122 e. The van der Waals surface area contributed by atoms with Gasteiger partial charge in [0.2, 0.25) is 0 Å². The smallest absolute Gasteiger partial charge is 0.122 e. The lowest BCUT2D eigenvalue weighted by Gasteiger charge is -2.33. The molecule has 0 atom stereocenters. The van der Waals surface area contributed by atoms with Gasteiger partial charge in [0.1, 0.15) is 5.54 Å². The van der Waals surface area contributed by atoms with Crippen LogP contribution in [0.25, 0.3) is 0 Å². The number of nitrogens with two attached hydrogens (primary N) is 1. The molecule has 0 aliphatic rings. The van der Waals surface area contributed by atoms with Crippen molar-refractivity contribution in [1.82, 2.24) is 0 Å². The zero-order valence-electron chi connectivity index (χ0n) is 23.6. The van der Waals surface area contributed by atoms with Crippen molar-refractivity contribution in [2.45, 2.75) is 161 Å². The van der Waals surface area contributed by atoms with Crippen LogP contribution in [0.2, 0.25) is 0 Å². The van der Waals surface area contributed by atoms with Crippen LogP contribution in [-0.2, 0) is 12.0 Å². The van der Waals surface area contributed by atoms with Gasteiger partial charge in [-0.05, 0) is 31.2 Å². The molecule has 34 heavy (non-hydrogen) atoms. The number of unbranched alkanes of at least 4 members (excludes halogenated alkanes) is 15. The predicted octanol–water partition coefficient (Wildman–Crippen LogP) is 6.48. The molecule has 0 aliphatic heterocycles. The van der Waals surface area contributed by atoms with Crippen LogP contribution in [0.1, 0.15) is 160 Å². The fourth-order valence-corrected chi connectivity index (χ4v) is 5.60. The lowest BCUT2D eigenvalue weighted by molar-refractivity contribution is -0.715. The Morgan fingerprint density at radius 3 is 1.44 bits per heavy atom. The van der Waals surface area contributed by atoms with Gasteiger partial charge in [0, 0.05) is 18.4 Å². The van der Waals surface area contributed by atoms with Crippen LogP contribution in [-0.4, -0.2) is 7.05 Å². The molecule has 0 bridgehead atoms. The second kappa shape index (κ2) is 22.9. The predicted molar refractivity (Wildman–Crippen MR) is 149 cm³/mol. The van der Waals surface area contributed by atoms with Crippen LogP contribution < -0.4 is 17.7 Å². The van der Waals surface area contributed by atoms with Crippen LogP contribution in [0.5, 0.6) is 0 Å². The van der Waals surface area contributed by atoms with Gasteiger partial charge in [0.05, 0.1) is 7.05 Å². The Morgan fingerprint density at radius 2 is 0.971 bits per heavy atom. The molecule has 1 aromatic carbocycles. The summed E-state index contributed by atoms with van der Waals surface area (Å²) in [6, 6.07) is 9.52. The summed E-state index contributed by atoms with van der Waals surface area (Å²) in [5.41, 5.74) is 3.60. The quantitative estimate of drug-likeness (QED) is 0.168. The highest BCUT2D eigenvalue weighted by Crippen LogP contribution is 2.33. The molecular formula is C32H60ClN. The molecule has 0 aromatic heterocycles. The Hall–Kier alpha value is -0.530. The van der Waals surface area contributed by atoms with Crippen molar-refractivity contribution in [3.05, 3.63) is 35.4 Å². The van der Waals surface area contributed by atoms with Crippen LogP contribution >= 0.6 is 0 Å². The maximum atomic E-state index is 2.60. The second-order valence-corrected chi connectivity index (χ2v) is 10.7. The third-order valence-corrected chi connectivity index (χ3v) is 7.86. The van der Waals surface area contributed by atoms with Gasteiger partial charge in [-0.2, -0.15) is 0 Å². The topological polar surface area (TPSA) is 16.6 Å². The summed E-state index contributed by atoms with van der Waals surface area (Å²) < 4.78 is 0. The van der Waals surface area contributed by atoms with E-state index in [9.17, 15) is 0 Å². The number of rotatable bonds is 23. The van der Waals surface area contributed by atoms with Crippen molar-refractivity contribution >= 4 is 0 Å². The van der Waals surface area contributed by atoms with E-state index < -0.39 is 0 Å². The van der Waals surface area contributed by atoms with Crippen molar-refractivity contribution in [2.75, 3.05) is 7.05 Å². The van der Waals surface area contributed by atoms with Gasteiger partial charge in [-0.15, -0.1) is 0 Å². The Labute approximate surface area is 221 Å². The van der Waals surface area contributed by atoms with Crippen LogP contribution in [0, 0.1) is 0 Å². The highest BCUT2D eigenvalue weighted by atomic mass is 35.5. The van der Waals surface area contributed by atoms with Crippen molar-refractivity contribution in [1.29, 1.82) is 0 Å². The van der Waals surface area contributed by atoms with E-state index in [4.69, 9.17) is 0 Å². The lowest BCUT2D eigenvalue weighted by atomic mass is 9.77. The number of aryl methyl sites for hydroxylation is 1. The summed E-state index contributed by atoms with van der Waals surface area (Å²) in [6.45, 7) is 6.95. The molecule has 0 radical (unpaired) electrons. The van der Waals surface area contributed by atoms with E-state index in [0.717, 1.165) is 0 Å². The number of hydrogen-bond donors (Lipinski definition) is 1. The Balaban J connectivity index is 0.0000109. The molecule has 1 aromatic rings. The Bertz CT molecular complexity index is 540. The highest BCUT2D eigenvalue weighted by molar-refractivity contribution is 5.32. The minimum absolute atomic E-state index is 0. The molecular weight excluding hydrogens is 434 g/mol. The molecule has 0 fully saturated rings. The van der Waals surface area contributed by atoms with Crippen molar-refractivity contribution in [3.63, 3.8) is 0 Å². The highest BCUT2D eigenvalue weighted by Gasteiger charge is 2.35. The molecule has 2 N–H and O–H groups in total. The Kier molecular flexibility index (Phi) is 22.5. The van der Waals surface area contributed by atoms with E-state index in [2.05, 4.69) is 57.4 Å². The van der Waals surface area contributed by atoms with Gasteiger partial charge in [0.25, 0.3) is 0 Å². The first kappa shape index (κ1) is 33.5. The van der Waals surface area contributed by atoms with Gasteiger partial charge in [-0.25, -0.2) is 0 Å². The van der Waals surface area contributed by atoms with Crippen LogP contribution in [0.15, 0.2) is 24.3 Å². The molecule has 0 unspecified atom stereocenters. The third-order valence-electron chi connectivity index (χ3n) is 7.86. The molecule has 2 heteroatoms. The fraction of sp³-hybridized carbons (Fsp3) is 0.812. The fourth-order valence-electron chi connectivity index (χ4n) is 5.60. The largest absolute Gasteiger partial charge is 1.00 e. The summed E-state index contributed by atoms with van der Waals surface area (Å²) in [6.07, 6.45) is 29.1. The van der Waals surface area contributed by atoms with Gasteiger partial charge >= 0.3 is 0 Å². The third kappa shape index (κ3) is 14.1. The second-order valence-electron chi connectivity index (χ2n) is 10.7. The van der Waals surface area contributed by atoms with Gasteiger partial charge < -0.3 is 17.7 Å². The van der Waals surface area contributed by atoms with Gasteiger partial charge in [-0.1, -0.05) is 141 Å². The molecule has 1 rings (SSSR count). The molecule has 0 spiro atoms. The van der Waals surface area contributed by atoms with Gasteiger partial charge in [-0.3, -0.25) is 0 Å². The van der Waals surface area contributed by atoms with Crippen LogP contribution in [0.3, 0.4) is 0 Å². The summed E-state index contributed by atoms with van der Waals surface area (Å²) in [5.74, 6) is 0. The average molecular weight is 494 g/mol. The normalized spacial score (nSPS) is 11.5. The molecule has 1 nitrogen and oxygen atoms in total. The lowest BCUT2D eigenvalue weighted by Crippen LogP contribution is -3.00. The number of quaternary nitrogens is 1.